The molecule has 0 aliphatic rings. The van der Waals surface area contributed by atoms with Gasteiger partial charge < -0.3 is 34.3 Å². The summed E-state index contributed by atoms with van der Waals surface area (Å²) in [6, 6.07) is 0. The molecule has 1 unspecified atom stereocenters. The second-order valence-electron chi connectivity index (χ2n) is 14.6. The van der Waals surface area contributed by atoms with E-state index in [4.69, 9.17) is 18.9 Å². The number of hydrogen-bond acceptors (Lipinski definition) is 8. The molecule has 0 amide bonds. The zero-order valence-electron chi connectivity index (χ0n) is 33.4. The van der Waals surface area contributed by atoms with Gasteiger partial charge in [-0.05, 0) is 102 Å². The average molecular weight is 704 g/mol. The predicted octanol–water partition coefficient (Wildman–Crippen LogP) is 9.27. The minimum Gasteiger partial charge on any atom is -0.396 e. The Labute approximate surface area is 304 Å². The van der Waals surface area contributed by atoms with Crippen molar-refractivity contribution < 1.29 is 34.3 Å². The first-order valence-electron chi connectivity index (χ1n) is 21.0. The van der Waals surface area contributed by atoms with E-state index in [9.17, 15) is 15.3 Å². The summed E-state index contributed by atoms with van der Waals surface area (Å²) in [6.07, 6.45) is 19.7. The fourth-order valence-electron chi connectivity index (χ4n) is 6.57. The lowest BCUT2D eigenvalue weighted by atomic mass is 9.99. The summed E-state index contributed by atoms with van der Waals surface area (Å²) in [5.41, 5.74) is 0. The first-order valence-corrected chi connectivity index (χ1v) is 21.0. The summed E-state index contributed by atoms with van der Waals surface area (Å²) in [6.45, 7) is 18.3. The van der Waals surface area contributed by atoms with Gasteiger partial charge in [0.2, 0.25) is 0 Å². The van der Waals surface area contributed by atoms with Crippen LogP contribution in [0.4, 0.5) is 0 Å². The zero-order valence-corrected chi connectivity index (χ0v) is 33.4. The molecule has 0 heterocycles. The Kier molecular flexibility index (Phi) is 35.8. The van der Waals surface area contributed by atoms with Crippen LogP contribution >= 0.6 is 0 Å². The minimum atomic E-state index is -0.513. The quantitative estimate of drug-likeness (QED) is 0.0430. The summed E-state index contributed by atoms with van der Waals surface area (Å²) < 4.78 is 24.8. The molecule has 296 valence electrons. The molecule has 0 radical (unpaired) electrons. The van der Waals surface area contributed by atoms with Crippen molar-refractivity contribution in [1.82, 2.24) is 4.90 Å². The van der Waals surface area contributed by atoms with Crippen LogP contribution < -0.4 is 0 Å². The summed E-state index contributed by atoms with van der Waals surface area (Å²) in [5, 5.41) is 31.3. The molecule has 0 bridgehead atoms. The van der Waals surface area contributed by atoms with Crippen LogP contribution in [0.25, 0.3) is 0 Å². The highest BCUT2D eigenvalue weighted by atomic mass is 16.7. The molecule has 0 fully saturated rings. The van der Waals surface area contributed by atoms with E-state index in [1.807, 2.05) is 0 Å². The number of aliphatic hydroxyl groups is 3. The number of hydrogen-bond donors (Lipinski definition) is 3. The molecule has 0 aromatic heterocycles. The van der Waals surface area contributed by atoms with Crippen molar-refractivity contribution in [3.05, 3.63) is 0 Å². The third-order valence-electron chi connectivity index (χ3n) is 9.46. The Morgan fingerprint density at radius 3 is 1.39 bits per heavy atom. The van der Waals surface area contributed by atoms with Gasteiger partial charge in [-0.1, -0.05) is 86.5 Å². The van der Waals surface area contributed by atoms with Gasteiger partial charge in [0.05, 0.1) is 25.4 Å². The van der Waals surface area contributed by atoms with Crippen molar-refractivity contribution in [1.29, 1.82) is 0 Å². The lowest BCUT2D eigenvalue weighted by molar-refractivity contribution is -0.162. The van der Waals surface area contributed by atoms with Gasteiger partial charge in [-0.2, -0.15) is 0 Å². The van der Waals surface area contributed by atoms with Gasteiger partial charge in [0, 0.05) is 39.3 Å². The van der Waals surface area contributed by atoms with E-state index in [0.29, 0.717) is 51.0 Å². The van der Waals surface area contributed by atoms with Crippen molar-refractivity contribution >= 4 is 0 Å². The monoisotopic (exact) mass is 704 g/mol. The molecule has 8 nitrogen and oxygen atoms in total. The summed E-state index contributed by atoms with van der Waals surface area (Å²) >= 11 is 0. The third kappa shape index (κ3) is 29.9. The van der Waals surface area contributed by atoms with Gasteiger partial charge in [-0.3, -0.25) is 4.90 Å². The highest BCUT2D eigenvalue weighted by molar-refractivity contribution is 4.71. The Hall–Kier alpha value is -0.320. The van der Waals surface area contributed by atoms with Crippen molar-refractivity contribution in [2.24, 2.45) is 11.8 Å². The van der Waals surface area contributed by atoms with Crippen molar-refractivity contribution in [2.45, 2.75) is 201 Å². The van der Waals surface area contributed by atoms with E-state index < -0.39 is 12.2 Å². The van der Waals surface area contributed by atoms with Crippen LogP contribution in [0.2, 0.25) is 0 Å². The maximum absolute atomic E-state index is 11.1. The number of aliphatic hydroxyl groups excluding tert-OH is 3. The lowest BCUT2D eigenvalue weighted by Crippen LogP contribution is -2.39. The van der Waals surface area contributed by atoms with E-state index in [-0.39, 0.29) is 19.2 Å². The van der Waals surface area contributed by atoms with Crippen LogP contribution in [0.3, 0.4) is 0 Å². The highest BCUT2D eigenvalue weighted by Crippen LogP contribution is 2.20. The smallest absolute Gasteiger partial charge is 0.157 e. The summed E-state index contributed by atoms with van der Waals surface area (Å²) in [7, 11) is 0. The molecule has 49 heavy (non-hydrogen) atoms. The Bertz CT molecular complexity index is 615. The van der Waals surface area contributed by atoms with Gasteiger partial charge >= 0.3 is 0 Å². The van der Waals surface area contributed by atoms with E-state index >= 15 is 0 Å². The van der Waals surface area contributed by atoms with Crippen LogP contribution in [-0.2, 0) is 18.9 Å². The number of ether oxygens (including phenoxy) is 4. The molecular formula is C41H85NO7. The molecule has 8 heteroatoms. The van der Waals surface area contributed by atoms with Gasteiger partial charge in [-0.15, -0.1) is 0 Å². The van der Waals surface area contributed by atoms with E-state index in [2.05, 4.69) is 46.4 Å². The fourth-order valence-corrected chi connectivity index (χ4v) is 6.57. The number of rotatable bonds is 39. The van der Waals surface area contributed by atoms with Crippen LogP contribution in [0, 0.1) is 11.8 Å². The van der Waals surface area contributed by atoms with Gasteiger partial charge in [-0.25, -0.2) is 0 Å². The predicted molar refractivity (Wildman–Crippen MR) is 205 cm³/mol. The zero-order chi connectivity index (χ0) is 36.4. The van der Waals surface area contributed by atoms with Crippen molar-refractivity contribution in [2.75, 3.05) is 52.7 Å². The first kappa shape index (κ1) is 48.7. The van der Waals surface area contributed by atoms with E-state index in [1.54, 1.807) is 0 Å². The molecular weight excluding hydrogens is 618 g/mol. The highest BCUT2D eigenvalue weighted by Gasteiger charge is 2.20. The average Bonchev–Trinajstić information content (AvgIpc) is 3.08. The Morgan fingerprint density at radius 2 is 0.918 bits per heavy atom. The molecule has 0 aromatic rings. The molecule has 0 spiro atoms. The number of nitrogens with zero attached hydrogens (tertiary/aromatic N) is 1. The maximum atomic E-state index is 11.1. The lowest BCUT2D eigenvalue weighted by Gasteiger charge is -2.28. The van der Waals surface area contributed by atoms with Gasteiger partial charge in [0.15, 0.2) is 12.6 Å². The van der Waals surface area contributed by atoms with Crippen LogP contribution in [0.5, 0.6) is 0 Å². The maximum Gasteiger partial charge on any atom is 0.157 e. The molecule has 2 atom stereocenters. The van der Waals surface area contributed by atoms with Crippen LogP contribution in [0.1, 0.15) is 176 Å². The second-order valence-corrected chi connectivity index (χ2v) is 14.6. The van der Waals surface area contributed by atoms with Gasteiger partial charge in [0.1, 0.15) is 0 Å². The Morgan fingerprint density at radius 1 is 0.449 bits per heavy atom. The standard InChI is InChI=1S/C41H85NO7/c1-7-13-30-46-41(47-31-14-8-2)27-26-39(45)33-42(28-18-15-19-29-43)32-38(44)24-16-17-25-40(48-34-36(20-9-3)21-10-4)49-35-37(22-11-5)23-12-6/h36-41,43-45H,7-35H2,1-6H3/t38-,39?/m1/s1. The molecule has 0 saturated heterocycles. The van der Waals surface area contributed by atoms with Crippen molar-refractivity contribution in [3.63, 3.8) is 0 Å². The number of unbranched alkanes of at least 4 members (excludes halogenated alkanes) is 5. The molecule has 0 saturated carbocycles. The molecule has 0 aliphatic carbocycles. The van der Waals surface area contributed by atoms with Crippen LogP contribution in [-0.4, -0.2) is 97.7 Å². The van der Waals surface area contributed by atoms with Crippen molar-refractivity contribution in [3.8, 4) is 0 Å². The topological polar surface area (TPSA) is 101 Å². The van der Waals surface area contributed by atoms with Crippen LogP contribution in [0.15, 0.2) is 0 Å². The molecule has 0 aromatic carbocycles. The minimum absolute atomic E-state index is 0.177. The molecule has 0 aliphatic heterocycles. The summed E-state index contributed by atoms with van der Waals surface area (Å²) in [4.78, 5) is 2.20. The first-order chi connectivity index (χ1) is 23.9. The largest absolute Gasteiger partial charge is 0.396 e. The van der Waals surface area contributed by atoms with E-state index in [0.717, 1.165) is 90.4 Å². The third-order valence-corrected chi connectivity index (χ3v) is 9.46. The second kappa shape index (κ2) is 36.1. The molecule has 3 N–H and O–H groups in total. The molecule has 0 rings (SSSR count). The summed E-state index contributed by atoms with van der Waals surface area (Å²) in [5.74, 6) is 1.19. The van der Waals surface area contributed by atoms with Gasteiger partial charge in [0.25, 0.3) is 0 Å². The SMILES string of the molecule is CCCCOC(CCC(O)CN(CCCCCO)C[C@H](O)CCCCC(OCC(CCC)CCC)OCC(CCC)CCC)OCCCC. The Balaban J connectivity index is 5.04. The van der Waals surface area contributed by atoms with E-state index in [1.165, 1.54) is 51.4 Å². The normalized spacial score (nSPS) is 13.6. The fraction of sp³-hybridized carbons (Fsp3) is 1.00.